The van der Waals surface area contributed by atoms with E-state index in [1.165, 1.54) is 6.08 Å². The van der Waals surface area contributed by atoms with Gasteiger partial charge in [0.25, 0.3) is 0 Å². The molecule has 22 heavy (non-hydrogen) atoms. The van der Waals surface area contributed by atoms with Gasteiger partial charge in [0.1, 0.15) is 12.4 Å². The van der Waals surface area contributed by atoms with Crippen LogP contribution in [0.4, 0.5) is 0 Å². The molecule has 2 aromatic rings. The van der Waals surface area contributed by atoms with E-state index >= 15 is 0 Å². The largest absolute Gasteiger partial charge is 0.545 e. The predicted molar refractivity (Wildman–Crippen MR) is 89.0 cm³/mol. The van der Waals surface area contributed by atoms with Crippen LogP contribution in [0.2, 0.25) is 10.0 Å². The number of hydrogen-bond donors (Lipinski definition) is 0. The number of carboxylic acid groups (broad SMARTS) is 1. The zero-order valence-corrected chi connectivity index (χ0v) is 14.3. The molecular formula is C16H10BrCl2O3-. The van der Waals surface area contributed by atoms with Crippen molar-refractivity contribution < 1.29 is 14.6 Å². The molecule has 0 spiro atoms. The highest BCUT2D eigenvalue weighted by Crippen LogP contribution is 2.28. The molecule has 0 N–H and O–H groups in total. The van der Waals surface area contributed by atoms with Crippen molar-refractivity contribution in [2.75, 3.05) is 0 Å². The fraction of sp³-hybridized carbons (Fsp3) is 0.0625. The lowest BCUT2D eigenvalue weighted by Gasteiger charge is -2.10. The van der Waals surface area contributed by atoms with E-state index in [1.54, 1.807) is 36.4 Å². The molecule has 6 heteroatoms. The van der Waals surface area contributed by atoms with E-state index < -0.39 is 5.97 Å². The Hall–Kier alpha value is -1.49. The van der Waals surface area contributed by atoms with Gasteiger partial charge in [-0.1, -0.05) is 41.4 Å². The van der Waals surface area contributed by atoms with Crippen LogP contribution < -0.4 is 9.84 Å². The lowest BCUT2D eigenvalue weighted by atomic mass is 10.2. The summed E-state index contributed by atoms with van der Waals surface area (Å²) in [5, 5.41) is 11.5. The minimum Gasteiger partial charge on any atom is -0.545 e. The number of ether oxygens (including phenoxy) is 1. The van der Waals surface area contributed by atoms with Gasteiger partial charge in [0.05, 0.1) is 10.4 Å². The van der Waals surface area contributed by atoms with Gasteiger partial charge in [0, 0.05) is 15.6 Å². The summed E-state index contributed by atoms with van der Waals surface area (Å²) in [7, 11) is 0. The molecule has 0 radical (unpaired) electrons. The van der Waals surface area contributed by atoms with Gasteiger partial charge >= 0.3 is 0 Å². The maximum absolute atomic E-state index is 10.4. The number of carbonyl (C=O) groups excluding carboxylic acids is 1. The molecule has 0 aromatic heterocycles. The smallest absolute Gasteiger partial charge is 0.134 e. The second kappa shape index (κ2) is 7.68. The minimum absolute atomic E-state index is 0.294. The Morgan fingerprint density at radius 1 is 1.23 bits per heavy atom. The van der Waals surface area contributed by atoms with E-state index in [1.807, 2.05) is 0 Å². The monoisotopic (exact) mass is 399 g/mol. The van der Waals surface area contributed by atoms with Crippen molar-refractivity contribution >= 4 is 51.2 Å². The predicted octanol–water partition coefficient (Wildman–Crippen LogP) is 4.10. The van der Waals surface area contributed by atoms with Crippen molar-refractivity contribution in [1.29, 1.82) is 0 Å². The molecule has 0 unspecified atom stereocenters. The summed E-state index contributed by atoms with van der Waals surface area (Å²) in [5.74, 6) is -0.620. The highest BCUT2D eigenvalue weighted by Gasteiger charge is 2.05. The molecule has 0 heterocycles. The van der Waals surface area contributed by atoms with E-state index in [0.29, 0.717) is 32.4 Å². The van der Waals surface area contributed by atoms with E-state index in [0.717, 1.165) is 11.6 Å². The normalized spacial score (nSPS) is 10.9. The number of hydrogen-bond acceptors (Lipinski definition) is 3. The highest BCUT2D eigenvalue weighted by molar-refractivity contribution is 9.10. The van der Waals surface area contributed by atoms with Crippen molar-refractivity contribution in [2.45, 2.75) is 6.61 Å². The summed E-state index contributed by atoms with van der Waals surface area (Å²) in [6.07, 6.45) is 2.41. The molecule has 0 aliphatic carbocycles. The Morgan fingerprint density at radius 2 is 2.00 bits per heavy atom. The van der Waals surface area contributed by atoms with Crippen LogP contribution in [0.5, 0.6) is 5.75 Å². The molecule has 2 aromatic carbocycles. The van der Waals surface area contributed by atoms with E-state index in [2.05, 4.69) is 15.9 Å². The summed E-state index contributed by atoms with van der Waals surface area (Å²) in [6.45, 7) is 0.294. The van der Waals surface area contributed by atoms with Gasteiger partial charge in [-0.25, -0.2) is 0 Å². The Bertz CT molecular complexity index is 729. The first-order chi connectivity index (χ1) is 10.5. The number of rotatable bonds is 5. The van der Waals surface area contributed by atoms with Gasteiger partial charge < -0.3 is 14.6 Å². The lowest BCUT2D eigenvalue weighted by molar-refractivity contribution is -0.297. The maximum atomic E-state index is 10.4. The molecule has 0 saturated carbocycles. The zero-order valence-electron chi connectivity index (χ0n) is 11.2. The van der Waals surface area contributed by atoms with Crippen LogP contribution >= 0.6 is 39.1 Å². The summed E-state index contributed by atoms with van der Waals surface area (Å²) in [6, 6.07) is 10.4. The molecule has 0 aliphatic heterocycles. The van der Waals surface area contributed by atoms with Crippen molar-refractivity contribution in [3.8, 4) is 5.75 Å². The molecular weight excluding hydrogens is 391 g/mol. The van der Waals surface area contributed by atoms with Crippen LogP contribution in [0, 0.1) is 0 Å². The topological polar surface area (TPSA) is 49.4 Å². The van der Waals surface area contributed by atoms with Crippen LogP contribution in [0.15, 0.2) is 46.9 Å². The summed E-state index contributed by atoms with van der Waals surface area (Å²) >= 11 is 15.3. The fourth-order valence-electron chi connectivity index (χ4n) is 1.70. The van der Waals surface area contributed by atoms with Gasteiger partial charge in [0.15, 0.2) is 0 Å². The number of benzene rings is 2. The molecule has 0 saturated heterocycles. The van der Waals surface area contributed by atoms with Gasteiger partial charge in [-0.2, -0.15) is 0 Å². The van der Waals surface area contributed by atoms with Crippen LogP contribution in [0.25, 0.3) is 6.08 Å². The molecule has 0 aliphatic rings. The van der Waals surface area contributed by atoms with Crippen LogP contribution in [-0.4, -0.2) is 5.97 Å². The van der Waals surface area contributed by atoms with Crippen LogP contribution in [0.3, 0.4) is 0 Å². The van der Waals surface area contributed by atoms with E-state index in [9.17, 15) is 9.90 Å². The fourth-order valence-corrected chi connectivity index (χ4v) is 2.67. The first kappa shape index (κ1) is 16.9. The Morgan fingerprint density at radius 3 is 2.64 bits per heavy atom. The number of aliphatic carboxylic acids is 1. The quantitative estimate of drug-likeness (QED) is 0.710. The number of carbonyl (C=O) groups is 1. The number of carboxylic acids is 1. The molecule has 0 amide bonds. The molecule has 3 nitrogen and oxygen atoms in total. The van der Waals surface area contributed by atoms with Crippen molar-refractivity contribution in [1.82, 2.24) is 0 Å². The Labute approximate surface area is 146 Å². The second-order valence-electron chi connectivity index (χ2n) is 4.37. The average Bonchev–Trinajstić information content (AvgIpc) is 2.45. The van der Waals surface area contributed by atoms with Gasteiger partial charge in [-0.3, -0.25) is 0 Å². The lowest BCUT2D eigenvalue weighted by Crippen LogP contribution is -2.18. The molecule has 114 valence electrons. The maximum Gasteiger partial charge on any atom is 0.134 e. The van der Waals surface area contributed by atoms with Gasteiger partial charge in [-0.15, -0.1) is 0 Å². The van der Waals surface area contributed by atoms with Gasteiger partial charge in [0.2, 0.25) is 0 Å². The van der Waals surface area contributed by atoms with E-state index in [-0.39, 0.29) is 0 Å². The Balaban J connectivity index is 2.08. The van der Waals surface area contributed by atoms with Crippen molar-refractivity contribution in [3.05, 3.63) is 68.1 Å². The number of halogens is 3. The summed E-state index contributed by atoms with van der Waals surface area (Å²) in [5.41, 5.74) is 1.53. The zero-order chi connectivity index (χ0) is 16.1. The average molecular weight is 401 g/mol. The van der Waals surface area contributed by atoms with Crippen LogP contribution in [-0.2, 0) is 11.4 Å². The third kappa shape index (κ3) is 4.77. The van der Waals surface area contributed by atoms with Crippen LogP contribution in [0.1, 0.15) is 11.1 Å². The molecule has 0 bridgehead atoms. The van der Waals surface area contributed by atoms with E-state index in [4.69, 9.17) is 27.9 Å². The van der Waals surface area contributed by atoms with Crippen molar-refractivity contribution in [3.63, 3.8) is 0 Å². The second-order valence-corrected chi connectivity index (χ2v) is 6.06. The highest BCUT2D eigenvalue weighted by atomic mass is 79.9. The third-order valence-corrected chi connectivity index (χ3v) is 3.97. The molecule has 0 fully saturated rings. The first-order valence-corrected chi connectivity index (χ1v) is 7.76. The summed E-state index contributed by atoms with van der Waals surface area (Å²) < 4.78 is 6.40. The summed E-state index contributed by atoms with van der Waals surface area (Å²) in [4.78, 5) is 10.4. The molecule has 0 atom stereocenters. The standard InChI is InChI=1S/C16H11BrCl2O3/c17-13-7-10(2-6-16(20)21)1-5-15(13)22-9-11-3-4-12(18)8-14(11)19/h1-8H,9H2,(H,20,21)/p-1/b6-2+. The SMILES string of the molecule is O=C([O-])/C=C/c1ccc(OCc2ccc(Cl)cc2Cl)c(Br)c1. The van der Waals surface area contributed by atoms with Crippen molar-refractivity contribution in [2.24, 2.45) is 0 Å². The first-order valence-electron chi connectivity index (χ1n) is 6.21. The Kier molecular flexibility index (Phi) is 5.89. The minimum atomic E-state index is -1.24. The third-order valence-electron chi connectivity index (χ3n) is 2.77. The van der Waals surface area contributed by atoms with Gasteiger partial charge in [-0.05, 0) is 51.8 Å². The molecule has 2 rings (SSSR count).